The second-order valence-corrected chi connectivity index (χ2v) is 3.48. The van der Waals surface area contributed by atoms with Crippen molar-refractivity contribution in [3.05, 3.63) is 0 Å². The topological polar surface area (TPSA) is 34.1 Å². The lowest BCUT2D eigenvalue weighted by molar-refractivity contribution is -0.109. The number of hydrogen-bond acceptors (Lipinski definition) is 2. The Kier molecular flexibility index (Phi) is 4.65. The highest BCUT2D eigenvalue weighted by molar-refractivity contribution is 6.55. The van der Waals surface area contributed by atoms with Crippen molar-refractivity contribution in [2.75, 3.05) is 0 Å². The summed E-state index contributed by atoms with van der Waals surface area (Å²) in [6.07, 6.45) is 2.53. The van der Waals surface area contributed by atoms with Gasteiger partial charge in [0.1, 0.15) is 6.29 Å². The van der Waals surface area contributed by atoms with Crippen LogP contribution < -0.4 is 0 Å². The highest BCUT2D eigenvalue weighted by Crippen LogP contribution is 2.24. The molecule has 0 N–H and O–H groups in total. The summed E-state index contributed by atoms with van der Waals surface area (Å²) < 4.78 is -1.30. The number of unbranched alkanes of at least 4 members (excludes halogenated alkanes) is 1. The van der Waals surface area contributed by atoms with Gasteiger partial charge in [-0.3, -0.25) is 0 Å². The lowest BCUT2D eigenvalue weighted by Crippen LogP contribution is -2.13. The predicted molar refractivity (Wildman–Crippen MR) is 40.4 cm³/mol. The predicted octanol–water partition coefficient (Wildman–Crippen LogP) is 1.73. The van der Waals surface area contributed by atoms with Gasteiger partial charge in [-0.25, -0.2) is 0 Å². The molecule has 0 aliphatic heterocycles. The Balaban J connectivity index is 3.46. The second-order valence-electron chi connectivity index (χ2n) is 1.94. The molecule has 0 aliphatic rings. The van der Waals surface area contributed by atoms with Crippen LogP contribution in [0.5, 0.6) is 0 Å². The van der Waals surface area contributed by atoms with E-state index in [2.05, 4.69) is 0 Å². The SMILES string of the molecule is O=CCCCC(Cl)(Cl)C=O. The number of hydrogen-bond donors (Lipinski definition) is 0. The van der Waals surface area contributed by atoms with Gasteiger partial charge in [-0.2, -0.15) is 0 Å². The number of halogens is 2. The smallest absolute Gasteiger partial charge is 0.172 e. The average molecular weight is 183 g/mol. The summed E-state index contributed by atoms with van der Waals surface area (Å²) in [6, 6.07) is 0. The van der Waals surface area contributed by atoms with E-state index >= 15 is 0 Å². The molecule has 0 aromatic rings. The normalized spacial score (nSPS) is 11.0. The van der Waals surface area contributed by atoms with Gasteiger partial charge in [0.2, 0.25) is 0 Å². The van der Waals surface area contributed by atoms with Gasteiger partial charge in [0.05, 0.1) is 0 Å². The minimum atomic E-state index is -1.30. The molecular formula is C6H8Cl2O2. The minimum absolute atomic E-state index is 0.332. The first-order chi connectivity index (χ1) is 4.62. The van der Waals surface area contributed by atoms with Crippen LogP contribution in [0.2, 0.25) is 0 Å². The van der Waals surface area contributed by atoms with Crippen LogP contribution in [-0.2, 0) is 9.59 Å². The van der Waals surface area contributed by atoms with Crippen LogP contribution in [0.25, 0.3) is 0 Å². The highest BCUT2D eigenvalue weighted by Gasteiger charge is 2.21. The van der Waals surface area contributed by atoms with Crippen molar-refractivity contribution in [3.8, 4) is 0 Å². The molecule has 0 bridgehead atoms. The number of alkyl halides is 2. The van der Waals surface area contributed by atoms with Gasteiger partial charge in [0, 0.05) is 6.42 Å². The van der Waals surface area contributed by atoms with Crippen molar-refractivity contribution in [3.63, 3.8) is 0 Å². The number of carbonyl (C=O) groups is 2. The molecule has 0 spiro atoms. The zero-order chi connectivity index (χ0) is 8.04. The van der Waals surface area contributed by atoms with E-state index in [1.807, 2.05) is 0 Å². The van der Waals surface area contributed by atoms with Crippen LogP contribution in [0.1, 0.15) is 19.3 Å². The molecule has 0 saturated heterocycles. The molecule has 0 unspecified atom stereocenters. The van der Waals surface area contributed by atoms with Gasteiger partial charge >= 0.3 is 0 Å². The first-order valence-corrected chi connectivity index (χ1v) is 3.66. The van der Waals surface area contributed by atoms with E-state index < -0.39 is 4.33 Å². The van der Waals surface area contributed by atoms with Crippen molar-refractivity contribution in [2.24, 2.45) is 0 Å². The van der Waals surface area contributed by atoms with Crippen LogP contribution >= 0.6 is 23.2 Å². The van der Waals surface area contributed by atoms with E-state index in [9.17, 15) is 9.59 Å². The largest absolute Gasteiger partial charge is 0.303 e. The summed E-state index contributed by atoms with van der Waals surface area (Å²) >= 11 is 10.9. The lowest BCUT2D eigenvalue weighted by atomic mass is 10.2. The molecule has 0 radical (unpaired) electrons. The van der Waals surface area contributed by atoms with E-state index in [1.54, 1.807) is 0 Å². The maximum atomic E-state index is 10.1. The molecule has 58 valence electrons. The molecule has 0 saturated carbocycles. The molecule has 0 amide bonds. The third kappa shape index (κ3) is 4.77. The summed E-state index contributed by atoms with van der Waals surface area (Å²) in [6.45, 7) is 0. The van der Waals surface area contributed by atoms with E-state index in [0.29, 0.717) is 25.5 Å². The van der Waals surface area contributed by atoms with Crippen molar-refractivity contribution in [1.82, 2.24) is 0 Å². The van der Waals surface area contributed by atoms with Crippen LogP contribution in [0.4, 0.5) is 0 Å². The molecular weight excluding hydrogens is 175 g/mol. The number of carbonyl (C=O) groups excluding carboxylic acids is 2. The van der Waals surface area contributed by atoms with Gasteiger partial charge in [-0.1, -0.05) is 23.2 Å². The maximum absolute atomic E-state index is 10.1. The number of rotatable bonds is 5. The Bertz CT molecular complexity index is 123. The molecule has 0 rings (SSSR count). The fraction of sp³-hybridized carbons (Fsp3) is 0.667. The maximum Gasteiger partial charge on any atom is 0.172 e. The Morgan fingerprint density at radius 1 is 1.30 bits per heavy atom. The van der Waals surface area contributed by atoms with Crippen molar-refractivity contribution in [1.29, 1.82) is 0 Å². The standard InChI is InChI=1S/C6H8Cl2O2/c7-6(8,5-10)3-1-2-4-9/h4-5H,1-3H2. The third-order valence-corrected chi connectivity index (χ3v) is 1.56. The van der Waals surface area contributed by atoms with Gasteiger partial charge < -0.3 is 9.59 Å². The van der Waals surface area contributed by atoms with E-state index in [-0.39, 0.29) is 0 Å². The van der Waals surface area contributed by atoms with Crippen LogP contribution in [0, 0.1) is 0 Å². The van der Waals surface area contributed by atoms with Crippen LogP contribution in [0.3, 0.4) is 0 Å². The molecule has 0 aromatic heterocycles. The summed E-state index contributed by atoms with van der Waals surface area (Å²) in [5, 5.41) is 0. The molecule has 0 fully saturated rings. The number of aldehydes is 2. The lowest BCUT2D eigenvalue weighted by Gasteiger charge is -2.08. The fourth-order valence-electron chi connectivity index (χ4n) is 0.480. The third-order valence-electron chi connectivity index (χ3n) is 1.00. The summed E-state index contributed by atoms with van der Waals surface area (Å²) in [4.78, 5) is 19.9. The second kappa shape index (κ2) is 4.69. The Morgan fingerprint density at radius 2 is 1.90 bits per heavy atom. The summed E-state index contributed by atoms with van der Waals surface area (Å²) in [5.74, 6) is 0. The van der Waals surface area contributed by atoms with Crippen molar-refractivity contribution >= 4 is 35.8 Å². The molecule has 0 atom stereocenters. The zero-order valence-corrected chi connectivity index (χ0v) is 6.86. The monoisotopic (exact) mass is 182 g/mol. The van der Waals surface area contributed by atoms with Gasteiger partial charge in [0.15, 0.2) is 10.6 Å². The molecule has 4 heteroatoms. The van der Waals surface area contributed by atoms with Crippen molar-refractivity contribution < 1.29 is 9.59 Å². The fourth-order valence-corrected chi connectivity index (χ4v) is 0.747. The molecule has 0 aromatic carbocycles. The Morgan fingerprint density at radius 3 is 2.30 bits per heavy atom. The molecule has 0 aliphatic carbocycles. The Labute approximate surface area is 69.5 Å². The zero-order valence-electron chi connectivity index (χ0n) is 5.35. The van der Waals surface area contributed by atoms with E-state index in [0.717, 1.165) is 6.29 Å². The summed E-state index contributed by atoms with van der Waals surface area (Å²) in [7, 11) is 0. The Hall–Kier alpha value is -0.0800. The van der Waals surface area contributed by atoms with Crippen molar-refractivity contribution in [2.45, 2.75) is 23.6 Å². The molecule has 10 heavy (non-hydrogen) atoms. The first kappa shape index (κ1) is 9.92. The van der Waals surface area contributed by atoms with Crippen LogP contribution in [-0.4, -0.2) is 16.9 Å². The quantitative estimate of drug-likeness (QED) is 0.369. The first-order valence-electron chi connectivity index (χ1n) is 2.90. The minimum Gasteiger partial charge on any atom is -0.303 e. The average Bonchev–Trinajstić information content (AvgIpc) is 1.89. The highest BCUT2D eigenvalue weighted by atomic mass is 35.5. The van der Waals surface area contributed by atoms with Gasteiger partial charge in [-0.05, 0) is 12.8 Å². The molecule has 2 nitrogen and oxygen atoms in total. The van der Waals surface area contributed by atoms with E-state index in [4.69, 9.17) is 23.2 Å². The summed E-state index contributed by atoms with van der Waals surface area (Å²) in [5.41, 5.74) is 0. The van der Waals surface area contributed by atoms with Crippen LogP contribution in [0.15, 0.2) is 0 Å². The molecule has 0 heterocycles. The van der Waals surface area contributed by atoms with E-state index in [1.165, 1.54) is 0 Å². The van der Waals surface area contributed by atoms with Gasteiger partial charge in [-0.15, -0.1) is 0 Å². The van der Waals surface area contributed by atoms with Gasteiger partial charge in [0.25, 0.3) is 0 Å².